The standard InChI is InChI=1S/C12H12ClN3O2/c1-7-4-9(17-2)10(18-3)5-8(7)12-15-11(13)6-14-16-12/h4-6H,1-3H3. The third kappa shape index (κ3) is 2.36. The van der Waals surface area contributed by atoms with Crippen LogP contribution in [0.4, 0.5) is 0 Å². The Hall–Kier alpha value is -1.88. The Balaban J connectivity index is 2.57. The molecule has 0 aliphatic rings. The first-order valence-electron chi connectivity index (χ1n) is 5.24. The zero-order valence-electron chi connectivity index (χ0n) is 10.3. The van der Waals surface area contributed by atoms with Gasteiger partial charge in [-0.15, -0.1) is 5.10 Å². The summed E-state index contributed by atoms with van der Waals surface area (Å²) in [6.45, 7) is 1.93. The molecule has 2 rings (SSSR count). The molecular weight excluding hydrogens is 254 g/mol. The quantitative estimate of drug-likeness (QED) is 0.853. The fraction of sp³-hybridized carbons (Fsp3) is 0.250. The van der Waals surface area contributed by atoms with E-state index in [1.807, 2.05) is 19.1 Å². The second-order valence-corrected chi connectivity index (χ2v) is 4.01. The third-order valence-electron chi connectivity index (χ3n) is 2.50. The number of methoxy groups -OCH3 is 2. The van der Waals surface area contributed by atoms with Crippen LogP contribution in [0.2, 0.25) is 5.15 Å². The Morgan fingerprint density at radius 3 is 2.39 bits per heavy atom. The lowest BCUT2D eigenvalue weighted by Crippen LogP contribution is -1.97. The Morgan fingerprint density at radius 1 is 1.11 bits per heavy atom. The average molecular weight is 266 g/mol. The second kappa shape index (κ2) is 5.18. The maximum absolute atomic E-state index is 5.81. The lowest BCUT2D eigenvalue weighted by molar-refractivity contribution is 0.355. The normalized spacial score (nSPS) is 10.2. The molecule has 0 radical (unpaired) electrons. The van der Waals surface area contributed by atoms with Crippen LogP contribution >= 0.6 is 11.6 Å². The van der Waals surface area contributed by atoms with Crippen molar-refractivity contribution in [1.29, 1.82) is 0 Å². The Bertz CT molecular complexity index is 575. The number of ether oxygens (including phenoxy) is 2. The van der Waals surface area contributed by atoms with E-state index in [2.05, 4.69) is 15.2 Å². The fourth-order valence-electron chi connectivity index (χ4n) is 1.62. The summed E-state index contributed by atoms with van der Waals surface area (Å²) in [7, 11) is 3.17. The molecule has 0 spiro atoms. The Labute approximate surface area is 110 Å². The molecule has 0 aliphatic carbocycles. The molecule has 1 heterocycles. The second-order valence-electron chi connectivity index (χ2n) is 3.62. The van der Waals surface area contributed by atoms with Crippen LogP contribution < -0.4 is 9.47 Å². The number of benzene rings is 1. The smallest absolute Gasteiger partial charge is 0.183 e. The number of aryl methyl sites for hydroxylation is 1. The predicted molar refractivity (Wildman–Crippen MR) is 68.1 cm³/mol. The maximum atomic E-state index is 5.81. The summed E-state index contributed by atoms with van der Waals surface area (Å²) in [6, 6.07) is 3.67. The molecule has 0 atom stereocenters. The molecule has 5 nitrogen and oxygen atoms in total. The topological polar surface area (TPSA) is 57.1 Å². The number of halogens is 1. The SMILES string of the molecule is COc1cc(C)c(-c2nncc(Cl)n2)cc1OC. The largest absolute Gasteiger partial charge is 0.493 e. The molecule has 6 heteroatoms. The summed E-state index contributed by atoms with van der Waals surface area (Å²) < 4.78 is 10.5. The highest BCUT2D eigenvalue weighted by Crippen LogP contribution is 2.34. The van der Waals surface area contributed by atoms with Crippen LogP contribution in [0.15, 0.2) is 18.3 Å². The van der Waals surface area contributed by atoms with Crippen LogP contribution in [-0.4, -0.2) is 29.4 Å². The van der Waals surface area contributed by atoms with Crippen molar-refractivity contribution in [3.63, 3.8) is 0 Å². The van der Waals surface area contributed by atoms with E-state index in [-0.39, 0.29) is 0 Å². The molecule has 0 N–H and O–H groups in total. The summed E-state index contributed by atoms with van der Waals surface area (Å²) in [5, 5.41) is 8.04. The molecule has 0 saturated carbocycles. The monoisotopic (exact) mass is 265 g/mol. The Morgan fingerprint density at radius 2 is 1.78 bits per heavy atom. The zero-order valence-corrected chi connectivity index (χ0v) is 11.0. The maximum Gasteiger partial charge on any atom is 0.183 e. The molecular formula is C12H12ClN3O2. The highest BCUT2D eigenvalue weighted by molar-refractivity contribution is 6.29. The summed E-state index contributed by atoms with van der Waals surface area (Å²) in [5.74, 6) is 1.73. The van der Waals surface area contributed by atoms with Crippen molar-refractivity contribution in [3.8, 4) is 22.9 Å². The first-order chi connectivity index (χ1) is 8.65. The molecule has 0 amide bonds. The fourth-order valence-corrected chi connectivity index (χ4v) is 1.74. The number of rotatable bonds is 3. The predicted octanol–water partition coefficient (Wildman–Crippen LogP) is 2.52. The minimum absolute atomic E-state index is 0.300. The van der Waals surface area contributed by atoms with Crippen molar-refractivity contribution in [1.82, 2.24) is 15.2 Å². The van der Waals surface area contributed by atoms with Gasteiger partial charge in [0, 0.05) is 5.56 Å². The lowest BCUT2D eigenvalue weighted by Gasteiger charge is -2.11. The van der Waals surface area contributed by atoms with Crippen LogP contribution in [0.5, 0.6) is 11.5 Å². The molecule has 2 aromatic rings. The van der Waals surface area contributed by atoms with Gasteiger partial charge in [-0.1, -0.05) is 11.6 Å². The summed E-state index contributed by atoms with van der Waals surface area (Å²) in [5.41, 5.74) is 1.76. The summed E-state index contributed by atoms with van der Waals surface area (Å²) >= 11 is 5.81. The van der Waals surface area contributed by atoms with E-state index in [1.54, 1.807) is 14.2 Å². The van der Waals surface area contributed by atoms with Gasteiger partial charge >= 0.3 is 0 Å². The van der Waals surface area contributed by atoms with Gasteiger partial charge in [-0.2, -0.15) is 5.10 Å². The lowest BCUT2D eigenvalue weighted by atomic mass is 10.1. The van der Waals surface area contributed by atoms with E-state index >= 15 is 0 Å². The molecule has 0 bridgehead atoms. The van der Waals surface area contributed by atoms with Crippen LogP contribution in [0.1, 0.15) is 5.56 Å². The van der Waals surface area contributed by atoms with Gasteiger partial charge in [0.1, 0.15) is 0 Å². The van der Waals surface area contributed by atoms with Crippen LogP contribution in [-0.2, 0) is 0 Å². The third-order valence-corrected chi connectivity index (χ3v) is 2.68. The number of hydrogen-bond donors (Lipinski definition) is 0. The highest BCUT2D eigenvalue weighted by Gasteiger charge is 2.12. The molecule has 1 aromatic carbocycles. The molecule has 1 aromatic heterocycles. The molecule has 0 unspecified atom stereocenters. The number of aromatic nitrogens is 3. The molecule has 0 fully saturated rings. The number of nitrogens with zero attached hydrogens (tertiary/aromatic N) is 3. The summed E-state index contributed by atoms with van der Waals surface area (Å²) in [6.07, 6.45) is 1.39. The van der Waals surface area contributed by atoms with Crippen molar-refractivity contribution >= 4 is 11.6 Å². The van der Waals surface area contributed by atoms with Crippen LogP contribution in [0.3, 0.4) is 0 Å². The van der Waals surface area contributed by atoms with Gasteiger partial charge in [0.05, 0.1) is 20.4 Å². The van der Waals surface area contributed by atoms with E-state index < -0.39 is 0 Å². The van der Waals surface area contributed by atoms with E-state index in [0.717, 1.165) is 11.1 Å². The molecule has 94 valence electrons. The van der Waals surface area contributed by atoms with Gasteiger partial charge in [0.25, 0.3) is 0 Å². The van der Waals surface area contributed by atoms with Gasteiger partial charge in [-0.25, -0.2) is 4.98 Å². The van der Waals surface area contributed by atoms with Gasteiger partial charge in [0.15, 0.2) is 22.5 Å². The average Bonchev–Trinajstić information content (AvgIpc) is 2.38. The van der Waals surface area contributed by atoms with E-state index in [9.17, 15) is 0 Å². The first-order valence-corrected chi connectivity index (χ1v) is 5.61. The molecule has 18 heavy (non-hydrogen) atoms. The minimum Gasteiger partial charge on any atom is -0.493 e. The zero-order chi connectivity index (χ0) is 13.1. The van der Waals surface area contributed by atoms with Crippen molar-refractivity contribution in [2.75, 3.05) is 14.2 Å². The van der Waals surface area contributed by atoms with E-state index in [1.165, 1.54) is 6.20 Å². The molecule has 0 saturated heterocycles. The molecule has 0 aliphatic heterocycles. The van der Waals surface area contributed by atoms with Crippen molar-refractivity contribution in [3.05, 3.63) is 29.0 Å². The van der Waals surface area contributed by atoms with Crippen LogP contribution in [0, 0.1) is 6.92 Å². The van der Waals surface area contributed by atoms with Crippen molar-refractivity contribution < 1.29 is 9.47 Å². The van der Waals surface area contributed by atoms with Crippen molar-refractivity contribution in [2.45, 2.75) is 6.92 Å². The van der Waals surface area contributed by atoms with E-state index in [0.29, 0.717) is 22.5 Å². The van der Waals surface area contributed by atoms with Crippen molar-refractivity contribution in [2.24, 2.45) is 0 Å². The summed E-state index contributed by atoms with van der Waals surface area (Å²) in [4.78, 5) is 4.13. The highest BCUT2D eigenvalue weighted by atomic mass is 35.5. The van der Waals surface area contributed by atoms with E-state index in [4.69, 9.17) is 21.1 Å². The minimum atomic E-state index is 0.300. The van der Waals surface area contributed by atoms with Gasteiger partial charge < -0.3 is 9.47 Å². The Kier molecular flexibility index (Phi) is 3.62. The van der Waals surface area contributed by atoms with Crippen LogP contribution in [0.25, 0.3) is 11.4 Å². The first kappa shape index (κ1) is 12.6. The van der Waals surface area contributed by atoms with Gasteiger partial charge in [-0.05, 0) is 24.6 Å². The van der Waals surface area contributed by atoms with Gasteiger partial charge in [0.2, 0.25) is 0 Å². The number of hydrogen-bond acceptors (Lipinski definition) is 5. The van der Waals surface area contributed by atoms with Gasteiger partial charge in [-0.3, -0.25) is 0 Å².